The van der Waals surface area contributed by atoms with Gasteiger partial charge in [0.2, 0.25) is 0 Å². The first-order valence-corrected chi connectivity index (χ1v) is 5.18. The van der Waals surface area contributed by atoms with Gasteiger partial charge in [-0.05, 0) is 18.6 Å². The molecule has 0 radical (unpaired) electrons. The van der Waals surface area contributed by atoms with Gasteiger partial charge >= 0.3 is 0 Å². The number of aromatic nitrogens is 1. The van der Waals surface area contributed by atoms with Crippen molar-refractivity contribution in [1.29, 1.82) is 0 Å². The van der Waals surface area contributed by atoms with Crippen molar-refractivity contribution in [2.75, 3.05) is 6.54 Å². The first-order valence-electron chi connectivity index (χ1n) is 5.18. The molecule has 1 aromatic heterocycles. The molecular formula is C11H17N3O. The van der Waals surface area contributed by atoms with Crippen molar-refractivity contribution < 1.29 is 4.79 Å². The van der Waals surface area contributed by atoms with E-state index in [1.807, 2.05) is 0 Å². The molecule has 0 saturated carbocycles. The van der Waals surface area contributed by atoms with Crippen LogP contribution in [0.25, 0.3) is 0 Å². The van der Waals surface area contributed by atoms with E-state index in [4.69, 9.17) is 5.73 Å². The van der Waals surface area contributed by atoms with Crippen LogP contribution in [0.4, 0.5) is 0 Å². The third-order valence-corrected chi connectivity index (χ3v) is 2.13. The molecule has 1 amide bonds. The predicted octanol–water partition coefficient (Wildman–Crippen LogP) is 0.939. The zero-order valence-corrected chi connectivity index (χ0v) is 8.94. The number of pyridine rings is 1. The summed E-state index contributed by atoms with van der Waals surface area (Å²) in [6, 6.07) is 3.40. The lowest BCUT2D eigenvalue weighted by atomic mass is 10.2. The Balaban J connectivity index is 2.37. The van der Waals surface area contributed by atoms with Gasteiger partial charge < -0.3 is 11.1 Å². The van der Waals surface area contributed by atoms with Crippen LogP contribution in [0.15, 0.2) is 24.5 Å². The number of hydrogen-bond acceptors (Lipinski definition) is 3. The monoisotopic (exact) mass is 207 g/mol. The summed E-state index contributed by atoms with van der Waals surface area (Å²) in [6.45, 7) is 2.60. The number of carbonyl (C=O) groups excluding carboxylic acids is 1. The fourth-order valence-electron chi connectivity index (χ4n) is 1.30. The van der Waals surface area contributed by atoms with E-state index in [0.29, 0.717) is 12.1 Å². The topological polar surface area (TPSA) is 68.0 Å². The maximum absolute atomic E-state index is 11.6. The number of rotatable bonds is 5. The van der Waals surface area contributed by atoms with Crippen molar-refractivity contribution >= 4 is 5.91 Å². The van der Waals surface area contributed by atoms with E-state index < -0.39 is 0 Å². The second-order valence-electron chi connectivity index (χ2n) is 3.49. The summed E-state index contributed by atoms with van der Waals surface area (Å²) in [4.78, 5) is 15.4. The molecule has 4 heteroatoms. The van der Waals surface area contributed by atoms with Crippen LogP contribution in [-0.2, 0) is 0 Å². The van der Waals surface area contributed by atoms with Gasteiger partial charge in [0, 0.05) is 30.5 Å². The molecule has 0 bridgehead atoms. The molecule has 1 rings (SSSR count). The first kappa shape index (κ1) is 11.7. The Morgan fingerprint density at radius 1 is 1.53 bits per heavy atom. The van der Waals surface area contributed by atoms with Gasteiger partial charge in [-0.1, -0.05) is 13.3 Å². The highest BCUT2D eigenvalue weighted by Crippen LogP contribution is 1.96. The first-order chi connectivity index (χ1) is 7.24. The second kappa shape index (κ2) is 6.14. The molecule has 1 atom stereocenters. The highest BCUT2D eigenvalue weighted by Gasteiger charge is 2.06. The molecule has 0 aromatic carbocycles. The van der Waals surface area contributed by atoms with E-state index >= 15 is 0 Å². The molecule has 1 heterocycles. The lowest BCUT2D eigenvalue weighted by molar-refractivity contribution is 0.0950. The minimum atomic E-state index is -0.0936. The highest BCUT2D eigenvalue weighted by atomic mass is 16.1. The van der Waals surface area contributed by atoms with E-state index in [1.54, 1.807) is 24.5 Å². The second-order valence-corrected chi connectivity index (χ2v) is 3.49. The van der Waals surface area contributed by atoms with Crippen LogP contribution < -0.4 is 11.1 Å². The standard InChI is InChI=1S/C11H17N3O/c1-2-3-10(12)8-14-11(15)9-4-6-13-7-5-9/h4-7,10H,2-3,8,12H2,1H3,(H,14,15). The molecule has 0 fully saturated rings. The fourth-order valence-corrected chi connectivity index (χ4v) is 1.30. The third kappa shape index (κ3) is 4.08. The Bertz CT molecular complexity index is 300. The van der Waals surface area contributed by atoms with Crippen molar-refractivity contribution in [1.82, 2.24) is 10.3 Å². The predicted molar refractivity (Wildman–Crippen MR) is 59.5 cm³/mol. The number of amides is 1. The van der Waals surface area contributed by atoms with Crippen LogP contribution in [0, 0.1) is 0 Å². The van der Waals surface area contributed by atoms with Gasteiger partial charge in [0.1, 0.15) is 0 Å². The highest BCUT2D eigenvalue weighted by molar-refractivity contribution is 5.93. The Morgan fingerprint density at radius 3 is 2.80 bits per heavy atom. The van der Waals surface area contributed by atoms with Crippen molar-refractivity contribution in [3.8, 4) is 0 Å². The van der Waals surface area contributed by atoms with Crippen LogP contribution in [0.3, 0.4) is 0 Å². The number of nitrogens with two attached hydrogens (primary N) is 1. The Hall–Kier alpha value is -1.42. The Labute approximate surface area is 89.9 Å². The summed E-state index contributed by atoms with van der Waals surface area (Å²) in [5.74, 6) is -0.0936. The summed E-state index contributed by atoms with van der Waals surface area (Å²) >= 11 is 0. The minimum Gasteiger partial charge on any atom is -0.350 e. The molecule has 0 aliphatic heterocycles. The Morgan fingerprint density at radius 2 is 2.20 bits per heavy atom. The molecule has 1 aromatic rings. The van der Waals surface area contributed by atoms with E-state index in [1.165, 1.54) is 0 Å². The molecule has 0 aliphatic rings. The SMILES string of the molecule is CCCC(N)CNC(=O)c1ccncc1. The van der Waals surface area contributed by atoms with Gasteiger partial charge in [0.15, 0.2) is 0 Å². The number of nitrogens with zero attached hydrogens (tertiary/aromatic N) is 1. The molecule has 0 aliphatic carbocycles. The zero-order chi connectivity index (χ0) is 11.1. The van der Waals surface area contributed by atoms with E-state index in [-0.39, 0.29) is 11.9 Å². The van der Waals surface area contributed by atoms with E-state index in [0.717, 1.165) is 12.8 Å². The quantitative estimate of drug-likeness (QED) is 0.755. The Kier molecular flexibility index (Phi) is 4.77. The lowest BCUT2D eigenvalue weighted by Gasteiger charge is -2.11. The van der Waals surface area contributed by atoms with Gasteiger partial charge in [-0.15, -0.1) is 0 Å². The largest absolute Gasteiger partial charge is 0.350 e. The maximum Gasteiger partial charge on any atom is 0.251 e. The summed E-state index contributed by atoms with van der Waals surface area (Å²) in [7, 11) is 0. The van der Waals surface area contributed by atoms with Crippen LogP contribution >= 0.6 is 0 Å². The average Bonchev–Trinajstić information content (AvgIpc) is 2.27. The molecule has 1 unspecified atom stereocenters. The molecule has 4 nitrogen and oxygen atoms in total. The normalized spacial score (nSPS) is 12.1. The van der Waals surface area contributed by atoms with Crippen LogP contribution in [0.5, 0.6) is 0 Å². The van der Waals surface area contributed by atoms with Crippen molar-refractivity contribution in [2.24, 2.45) is 5.73 Å². The summed E-state index contributed by atoms with van der Waals surface area (Å²) in [6.07, 6.45) is 5.16. The average molecular weight is 207 g/mol. The van der Waals surface area contributed by atoms with E-state index in [9.17, 15) is 4.79 Å². The van der Waals surface area contributed by atoms with Gasteiger partial charge in [-0.25, -0.2) is 0 Å². The van der Waals surface area contributed by atoms with Crippen molar-refractivity contribution in [3.05, 3.63) is 30.1 Å². The fraction of sp³-hybridized carbons (Fsp3) is 0.455. The molecular weight excluding hydrogens is 190 g/mol. The van der Waals surface area contributed by atoms with Crippen LogP contribution in [0.1, 0.15) is 30.1 Å². The molecule has 3 N–H and O–H groups in total. The molecule has 15 heavy (non-hydrogen) atoms. The van der Waals surface area contributed by atoms with Gasteiger partial charge in [-0.2, -0.15) is 0 Å². The van der Waals surface area contributed by atoms with Crippen molar-refractivity contribution in [2.45, 2.75) is 25.8 Å². The molecule has 82 valence electrons. The van der Waals surface area contributed by atoms with Crippen LogP contribution in [-0.4, -0.2) is 23.5 Å². The number of hydrogen-bond donors (Lipinski definition) is 2. The van der Waals surface area contributed by atoms with Gasteiger partial charge in [0.05, 0.1) is 0 Å². The smallest absolute Gasteiger partial charge is 0.251 e. The summed E-state index contributed by atoms with van der Waals surface area (Å²) in [5.41, 5.74) is 6.40. The third-order valence-electron chi connectivity index (χ3n) is 2.13. The summed E-state index contributed by atoms with van der Waals surface area (Å²) in [5, 5.41) is 2.79. The number of nitrogens with one attached hydrogen (secondary N) is 1. The number of carbonyl (C=O) groups is 1. The van der Waals surface area contributed by atoms with E-state index in [2.05, 4.69) is 17.2 Å². The van der Waals surface area contributed by atoms with Gasteiger partial charge in [-0.3, -0.25) is 9.78 Å². The van der Waals surface area contributed by atoms with Gasteiger partial charge in [0.25, 0.3) is 5.91 Å². The molecule has 0 spiro atoms. The lowest BCUT2D eigenvalue weighted by Crippen LogP contribution is -2.37. The summed E-state index contributed by atoms with van der Waals surface area (Å²) < 4.78 is 0. The van der Waals surface area contributed by atoms with Crippen LogP contribution in [0.2, 0.25) is 0 Å². The molecule has 0 saturated heterocycles. The maximum atomic E-state index is 11.6. The minimum absolute atomic E-state index is 0.0424. The zero-order valence-electron chi connectivity index (χ0n) is 8.94. The van der Waals surface area contributed by atoms with Crippen molar-refractivity contribution in [3.63, 3.8) is 0 Å².